The average molecular weight is 424 g/mol. The van der Waals surface area contributed by atoms with Crippen LogP contribution < -0.4 is 20.7 Å². The van der Waals surface area contributed by atoms with Crippen LogP contribution in [-0.4, -0.2) is 25.6 Å². The van der Waals surface area contributed by atoms with Gasteiger partial charge in [0.1, 0.15) is 5.75 Å². The molecule has 0 aromatic heterocycles. The van der Waals surface area contributed by atoms with E-state index in [2.05, 4.69) is 36.7 Å². The number of urea groups is 1. The van der Waals surface area contributed by atoms with Gasteiger partial charge >= 0.3 is 6.03 Å². The van der Waals surface area contributed by atoms with E-state index in [1.165, 1.54) is 7.05 Å². The number of rotatable bonds is 5. The quantitative estimate of drug-likeness (QED) is 0.628. The number of amides is 3. The van der Waals surface area contributed by atoms with Crippen molar-refractivity contribution in [3.8, 4) is 5.75 Å². The molecule has 0 radical (unpaired) electrons. The number of likely N-dealkylation sites (N-methyl/N-ethyl adjacent to an activating group) is 1. The Morgan fingerprint density at radius 2 is 1.71 bits per heavy atom. The number of hydrogen-bond donors (Lipinski definition) is 3. The van der Waals surface area contributed by atoms with Gasteiger partial charge in [-0.1, -0.05) is 56.1 Å². The summed E-state index contributed by atoms with van der Waals surface area (Å²) in [6, 6.07) is 9.88. The first-order chi connectivity index (χ1) is 13.1. The molecular weight excluding hydrogens is 401 g/mol. The van der Waals surface area contributed by atoms with Crippen LogP contribution in [0.3, 0.4) is 0 Å². The summed E-state index contributed by atoms with van der Waals surface area (Å²) in [7, 11) is 1.52. The molecule has 2 aromatic rings. The van der Waals surface area contributed by atoms with Crippen LogP contribution in [0.25, 0.3) is 0 Å². The molecule has 0 aliphatic rings. The molecule has 0 spiro atoms. The second-order valence-electron chi connectivity index (χ2n) is 7.10. The molecular formula is C20H23Cl2N3O3. The molecule has 0 saturated heterocycles. The summed E-state index contributed by atoms with van der Waals surface area (Å²) in [4.78, 5) is 24.0. The van der Waals surface area contributed by atoms with Gasteiger partial charge < -0.3 is 20.7 Å². The van der Waals surface area contributed by atoms with Crippen molar-refractivity contribution in [1.82, 2.24) is 5.32 Å². The van der Waals surface area contributed by atoms with E-state index in [-0.39, 0.29) is 23.0 Å². The summed E-state index contributed by atoms with van der Waals surface area (Å²) in [6.45, 7) is 6.01. The fraction of sp³-hybridized carbons (Fsp3) is 0.300. The first-order valence-corrected chi connectivity index (χ1v) is 9.37. The van der Waals surface area contributed by atoms with Crippen molar-refractivity contribution in [3.05, 3.63) is 52.0 Å². The van der Waals surface area contributed by atoms with Crippen LogP contribution in [0.15, 0.2) is 36.4 Å². The van der Waals surface area contributed by atoms with Gasteiger partial charge in [0.25, 0.3) is 5.91 Å². The summed E-state index contributed by atoms with van der Waals surface area (Å²) in [5.41, 5.74) is 1.68. The van der Waals surface area contributed by atoms with Crippen molar-refractivity contribution in [3.63, 3.8) is 0 Å². The second kappa shape index (κ2) is 9.17. The number of carbonyl (C=O) groups is 2. The van der Waals surface area contributed by atoms with E-state index < -0.39 is 6.03 Å². The van der Waals surface area contributed by atoms with E-state index >= 15 is 0 Å². The minimum absolute atomic E-state index is 0.136. The predicted octanol–water partition coefficient (Wildman–Crippen LogP) is 5.06. The monoisotopic (exact) mass is 423 g/mol. The maximum atomic E-state index is 12.5. The van der Waals surface area contributed by atoms with Gasteiger partial charge in [-0.25, -0.2) is 4.79 Å². The van der Waals surface area contributed by atoms with E-state index in [9.17, 15) is 9.59 Å². The molecule has 3 N–H and O–H groups in total. The first-order valence-electron chi connectivity index (χ1n) is 8.61. The maximum absolute atomic E-state index is 12.5. The van der Waals surface area contributed by atoms with Crippen LogP contribution in [-0.2, 0) is 10.2 Å². The normalized spacial score (nSPS) is 10.9. The Morgan fingerprint density at radius 3 is 2.36 bits per heavy atom. The third kappa shape index (κ3) is 5.78. The molecule has 0 aliphatic carbocycles. The lowest BCUT2D eigenvalue weighted by Gasteiger charge is -2.22. The molecule has 28 heavy (non-hydrogen) atoms. The van der Waals surface area contributed by atoms with Gasteiger partial charge in [-0.2, -0.15) is 0 Å². The van der Waals surface area contributed by atoms with Gasteiger partial charge in [0, 0.05) is 7.05 Å². The van der Waals surface area contributed by atoms with E-state index in [4.69, 9.17) is 27.9 Å². The molecule has 3 amide bonds. The molecule has 2 rings (SSSR count). The number of anilines is 2. The number of halogens is 2. The van der Waals surface area contributed by atoms with Crippen molar-refractivity contribution in [2.24, 2.45) is 0 Å². The average Bonchev–Trinajstić information content (AvgIpc) is 2.63. The highest BCUT2D eigenvalue weighted by atomic mass is 35.5. The Hall–Kier alpha value is -2.44. The standard InChI is InChI=1S/C20H23Cl2N3O3/c1-20(2,3)12-8-9-16(28-11-17(26)23-4)15(10-12)25-19(27)24-14-7-5-6-13(21)18(14)22/h5-10H,11H2,1-4H3,(H,23,26)(H2,24,25,27). The minimum Gasteiger partial charge on any atom is -0.482 e. The van der Waals surface area contributed by atoms with Crippen LogP contribution in [0, 0.1) is 0 Å². The lowest BCUT2D eigenvalue weighted by molar-refractivity contribution is -0.122. The van der Waals surface area contributed by atoms with Crippen LogP contribution >= 0.6 is 23.2 Å². The van der Waals surface area contributed by atoms with Crippen molar-refractivity contribution in [2.75, 3.05) is 24.3 Å². The summed E-state index contributed by atoms with van der Waals surface area (Å²) in [6.07, 6.45) is 0. The number of hydrogen-bond acceptors (Lipinski definition) is 3. The van der Waals surface area contributed by atoms with Crippen molar-refractivity contribution in [2.45, 2.75) is 26.2 Å². The molecule has 0 bridgehead atoms. The Kier molecular flexibility index (Phi) is 7.16. The van der Waals surface area contributed by atoms with E-state index in [0.29, 0.717) is 22.1 Å². The largest absolute Gasteiger partial charge is 0.482 e. The topological polar surface area (TPSA) is 79.5 Å². The zero-order valence-corrected chi connectivity index (χ0v) is 17.7. The summed E-state index contributed by atoms with van der Waals surface area (Å²) in [5.74, 6) is 0.102. The second-order valence-corrected chi connectivity index (χ2v) is 7.89. The Balaban J connectivity index is 2.25. The number of ether oxygens (including phenoxy) is 1. The number of carbonyl (C=O) groups excluding carboxylic acids is 2. The van der Waals surface area contributed by atoms with Gasteiger partial charge in [0.05, 0.1) is 21.4 Å². The van der Waals surface area contributed by atoms with Gasteiger partial charge in [-0.15, -0.1) is 0 Å². The van der Waals surface area contributed by atoms with E-state index in [0.717, 1.165) is 5.56 Å². The van der Waals surface area contributed by atoms with Crippen molar-refractivity contribution < 1.29 is 14.3 Å². The summed E-state index contributed by atoms with van der Waals surface area (Å²) < 4.78 is 5.55. The number of benzene rings is 2. The van der Waals surface area contributed by atoms with E-state index in [1.54, 1.807) is 24.3 Å². The van der Waals surface area contributed by atoms with Crippen LogP contribution in [0.2, 0.25) is 10.0 Å². The third-order valence-electron chi connectivity index (χ3n) is 3.93. The molecule has 0 unspecified atom stereocenters. The predicted molar refractivity (Wildman–Crippen MR) is 114 cm³/mol. The molecule has 0 fully saturated rings. The molecule has 0 heterocycles. The van der Waals surface area contributed by atoms with Crippen LogP contribution in [0.5, 0.6) is 5.75 Å². The smallest absolute Gasteiger partial charge is 0.323 e. The lowest BCUT2D eigenvalue weighted by atomic mass is 9.87. The molecule has 2 aromatic carbocycles. The zero-order chi connectivity index (χ0) is 20.9. The van der Waals surface area contributed by atoms with E-state index in [1.807, 2.05) is 12.1 Å². The maximum Gasteiger partial charge on any atom is 0.323 e. The molecule has 0 aliphatic heterocycles. The molecule has 150 valence electrons. The zero-order valence-electron chi connectivity index (χ0n) is 16.2. The van der Waals surface area contributed by atoms with Crippen molar-refractivity contribution >= 4 is 46.5 Å². The lowest BCUT2D eigenvalue weighted by Crippen LogP contribution is -2.26. The van der Waals surface area contributed by atoms with Gasteiger partial charge in [-0.05, 0) is 35.2 Å². The van der Waals surface area contributed by atoms with Crippen molar-refractivity contribution in [1.29, 1.82) is 0 Å². The summed E-state index contributed by atoms with van der Waals surface area (Å²) in [5, 5.41) is 8.48. The van der Waals surface area contributed by atoms with Gasteiger partial charge in [-0.3, -0.25) is 4.79 Å². The van der Waals surface area contributed by atoms with Gasteiger partial charge in [0.2, 0.25) is 0 Å². The summed E-state index contributed by atoms with van der Waals surface area (Å²) >= 11 is 12.1. The minimum atomic E-state index is -0.514. The highest BCUT2D eigenvalue weighted by Crippen LogP contribution is 2.33. The highest BCUT2D eigenvalue weighted by molar-refractivity contribution is 6.44. The number of nitrogens with one attached hydrogen (secondary N) is 3. The third-order valence-corrected chi connectivity index (χ3v) is 4.75. The van der Waals surface area contributed by atoms with Gasteiger partial charge in [0.15, 0.2) is 6.61 Å². The molecule has 0 atom stereocenters. The fourth-order valence-electron chi connectivity index (χ4n) is 2.31. The fourth-order valence-corrected chi connectivity index (χ4v) is 2.66. The molecule has 6 nitrogen and oxygen atoms in total. The molecule has 8 heteroatoms. The molecule has 0 saturated carbocycles. The highest BCUT2D eigenvalue weighted by Gasteiger charge is 2.18. The Bertz CT molecular complexity index is 879. The Morgan fingerprint density at radius 1 is 1.04 bits per heavy atom. The Labute approximate surface area is 174 Å². The van der Waals surface area contributed by atoms with Crippen LogP contribution in [0.4, 0.5) is 16.2 Å². The SMILES string of the molecule is CNC(=O)COc1ccc(C(C)(C)C)cc1NC(=O)Nc1cccc(Cl)c1Cl. The first kappa shape index (κ1) is 21.9. The van der Waals surface area contributed by atoms with Crippen LogP contribution in [0.1, 0.15) is 26.3 Å².